The smallest absolute Gasteiger partial charge is 0.253 e. The fourth-order valence-electron chi connectivity index (χ4n) is 5.38. The summed E-state index contributed by atoms with van der Waals surface area (Å²) in [6, 6.07) is 20.9. The number of amides is 1. The highest BCUT2D eigenvalue weighted by molar-refractivity contribution is 5.96. The van der Waals surface area contributed by atoms with Crippen molar-refractivity contribution in [3.63, 3.8) is 0 Å². The van der Waals surface area contributed by atoms with Crippen molar-refractivity contribution in [2.45, 2.75) is 25.3 Å². The van der Waals surface area contributed by atoms with E-state index in [1.165, 1.54) is 0 Å². The molecule has 0 radical (unpaired) electrons. The molecule has 1 N–H and O–H groups in total. The quantitative estimate of drug-likeness (QED) is 0.289. The third kappa shape index (κ3) is 5.08. The zero-order valence-corrected chi connectivity index (χ0v) is 23.3. The predicted octanol–water partition coefficient (Wildman–Crippen LogP) is 4.94. The zero-order chi connectivity index (χ0) is 28.3. The third-order valence-corrected chi connectivity index (χ3v) is 7.53. The first-order chi connectivity index (χ1) is 20.1. The maximum Gasteiger partial charge on any atom is 0.253 e. The van der Waals surface area contributed by atoms with Crippen molar-refractivity contribution < 1.29 is 19.0 Å². The molecule has 0 aliphatic carbocycles. The molecule has 3 aromatic carbocycles. The fourth-order valence-corrected chi connectivity index (χ4v) is 5.38. The molecule has 41 heavy (non-hydrogen) atoms. The monoisotopic (exact) mass is 552 g/mol. The van der Waals surface area contributed by atoms with E-state index < -0.39 is 0 Å². The number of rotatable bonds is 8. The molecule has 1 fully saturated rings. The largest absolute Gasteiger partial charge is 0.497 e. The Balaban J connectivity index is 1.36. The molecule has 10 nitrogen and oxygen atoms in total. The molecule has 0 saturated carbocycles. The summed E-state index contributed by atoms with van der Waals surface area (Å²) >= 11 is 0. The zero-order valence-electron chi connectivity index (χ0n) is 23.3. The molecular weight excluding hydrogens is 520 g/mol. The number of benzene rings is 3. The van der Waals surface area contributed by atoms with E-state index in [-0.39, 0.29) is 11.8 Å². The summed E-state index contributed by atoms with van der Waals surface area (Å²) in [6.45, 7) is 1.72. The van der Waals surface area contributed by atoms with Crippen molar-refractivity contribution >= 4 is 28.4 Å². The summed E-state index contributed by atoms with van der Waals surface area (Å²) in [6.07, 6.45) is 1.78. The van der Waals surface area contributed by atoms with Crippen LogP contribution in [0.15, 0.2) is 66.7 Å². The summed E-state index contributed by atoms with van der Waals surface area (Å²) in [5.74, 6) is 3.33. The van der Waals surface area contributed by atoms with Crippen molar-refractivity contribution in [1.29, 1.82) is 0 Å². The number of ether oxygens (including phenoxy) is 3. The van der Waals surface area contributed by atoms with Gasteiger partial charge in [0, 0.05) is 48.1 Å². The van der Waals surface area contributed by atoms with E-state index >= 15 is 0 Å². The van der Waals surface area contributed by atoms with Crippen molar-refractivity contribution in [2.24, 2.45) is 0 Å². The lowest BCUT2D eigenvalue weighted by molar-refractivity contribution is 0.0704. The minimum atomic E-state index is 0.00602. The van der Waals surface area contributed by atoms with E-state index in [2.05, 4.69) is 5.32 Å². The summed E-state index contributed by atoms with van der Waals surface area (Å²) in [7, 11) is 4.89. The van der Waals surface area contributed by atoms with Gasteiger partial charge in [-0.2, -0.15) is 4.52 Å². The molecule has 3 heterocycles. The van der Waals surface area contributed by atoms with Crippen LogP contribution in [0.25, 0.3) is 16.6 Å². The van der Waals surface area contributed by atoms with Gasteiger partial charge in [-0.1, -0.05) is 24.3 Å². The highest BCUT2D eigenvalue weighted by atomic mass is 16.5. The highest BCUT2D eigenvalue weighted by Gasteiger charge is 2.29. The second kappa shape index (κ2) is 11.3. The number of fused-ring (bicyclic) bond motifs is 3. The van der Waals surface area contributed by atoms with Crippen molar-refractivity contribution in [3.8, 4) is 17.2 Å². The molecule has 1 saturated heterocycles. The van der Waals surface area contributed by atoms with E-state index in [1.54, 1.807) is 25.8 Å². The van der Waals surface area contributed by atoms with Crippen LogP contribution in [-0.4, -0.2) is 64.8 Å². The first-order valence-corrected chi connectivity index (χ1v) is 13.6. The molecule has 1 amide bonds. The molecule has 1 aliphatic rings. The Bertz CT molecular complexity index is 1700. The van der Waals surface area contributed by atoms with E-state index in [0.717, 1.165) is 36.1 Å². The standard InChI is InChI=1S/C31H32N6O4/c1-39-23-15-14-21(26(17-23)41-3)18-32-31-33-27-24(12-7-13-25(27)40-2)29-34-28(35-37(29)31)22-11-8-16-36(19-22)30(38)20-9-5-4-6-10-20/h4-7,9-10,12-15,17,22H,8,11,16,18-19H2,1-3H3,(H,32,33)/t22-/m1/s1. The number of carbonyl (C=O) groups excluding carboxylic acids is 1. The third-order valence-electron chi connectivity index (χ3n) is 7.53. The van der Waals surface area contributed by atoms with Gasteiger partial charge in [0.2, 0.25) is 5.95 Å². The minimum Gasteiger partial charge on any atom is -0.497 e. The van der Waals surface area contributed by atoms with Crippen molar-refractivity contribution in [2.75, 3.05) is 39.7 Å². The van der Waals surface area contributed by atoms with Gasteiger partial charge in [0.15, 0.2) is 11.5 Å². The number of likely N-dealkylation sites (tertiary alicyclic amines) is 1. The second-order valence-corrected chi connectivity index (χ2v) is 9.98. The summed E-state index contributed by atoms with van der Waals surface area (Å²) in [5.41, 5.74) is 3.00. The Kier molecular flexibility index (Phi) is 7.28. The van der Waals surface area contributed by atoms with E-state index in [0.29, 0.717) is 53.1 Å². The number of piperidine rings is 1. The van der Waals surface area contributed by atoms with Crippen LogP contribution in [0, 0.1) is 0 Å². The molecular formula is C31H32N6O4. The molecule has 0 unspecified atom stereocenters. The van der Waals surface area contributed by atoms with E-state index in [4.69, 9.17) is 29.3 Å². The Morgan fingerprint density at radius 2 is 1.78 bits per heavy atom. The number of hydrogen-bond acceptors (Lipinski definition) is 8. The number of nitrogens with one attached hydrogen (secondary N) is 1. The number of methoxy groups -OCH3 is 3. The van der Waals surface area contributed by atoms with Crippen LogP contribution in [0.2, 0.25) is 0 Å². The maximum absolute atomic E-state index is 13.2. The van der Waals surface area contributed by atoms with Gasteiger partial charge in [0.25, 0.3) is 5.91 Å². The van der Waals surface area contributed by atoms with E-state index in [1.807, 2.05) is 71.6 Å². The minimum absolute atomic E-state index is 0.00602. The SMILES string of the molecule is COc1ccc(CNc2nc3c(OC)cccc3c3nc([C@@H]4CCCN(C(=O)c5ccccc5)C4)nn23)c(OC)c1. The van der Waals surface area contributed by atoms with Gasteiger partial charge in [-0.3, -0.25) is 4.79 Å². The molecule has 1 aliphatic heterocycles. The van der Waals surface area contributed by atoms with Crippen LogP contribution >= 0.6 is 0 Å². The molecule has 0 bridgehead atoms. The van der Waals surface area contributed by atoms with Crippen LogP contribution < -0.4 is 19.5 Å². The second-order valence-electron chi connectivity index (χ2n) is 9.98. The first-order valence-electron chi connectivity index (χ1n) is 13.6. The molecule has 5 aromatic rings. The Hall–Kier alpha value is -4.86. The summed E-state index contributed by atoms with van der Waals surface area (Å²) < 4.78 is 18.3. The normalized spacial score (nSPS) is 15.2. The lowest BCUT2D eigenvalue weighted by atomic mass is 9.96. The molecule has 2 aromatic heterocycles. The number of anilines is 1. The van der Waals surface area contributed by atoms with Gasteiger partial charge < -0.3 is 24.4 Å². The number of carbonyl (C=O) groups is 1. The molecule has 1 atom stereocenters. The topological polar surface area (TPSA) is 103 Å². The molecule has 10 heteroatoms. The highest BCUT2D eigenvalue weighted by Crippen LogP contribution is 2.32. The lowest BCUT2D eigenvalue weighted by Crippen LogP contribution is -2.39. The van der Waals surface area contributed by atoms with Gasteiger partial charge in [-0.15, -0.1) is 5.10 Å². The van der Waals surface area contributed by atoms with Gasteiger partial charge in [0.05, 0.1) is 21.3 Å². The summed E-state index contributed by atoms with van der Waals surface area (Å²) in [5, 5.41) is 9.21. The van der Waals surface area contributed by atoms with Crippen molar-refractivity contribution in [1.82, 2.24) is 24.5 Å². The van der Waals surface area contributed by atoms with E-state index in [9.17, 15) is 4.79 Å². The molecule has 6 rings (SSSR count). The first kappa shape index (κ1) is 26.4. The average molecular weight is 553 g/mol. The molecule has 0 spiro atoms. The van der Waals surface area contributed by atoms with Crippen molar-refractivity contribution in [3.05, 3.63) is 83.7 Å². The van der Waals surface area contributed by atoms with Crippen LogP contribution in [-0.2, 0) is 6.54 Å². The Morgan fingerprint density at radius 3 is 2.56 bits per heavy atom. The van der Waals surface area contributed by atoms with Gasteiger partial charge in [-0.05, 0) is 49.2 Å². The van der Waals surface area contributed by atoms with Crippen LogP contribution in [0.3, 0.4) is 0 Å². The van der Waals surface area contributed by atoms with Gasteiger partial charge in [0.1, 0.15) is 22.8 Å². The van der Waals surface area contributed by atoms with Crippen LogP contribution in [0.4, 0.5) is 5.95 Å². The average Bonchev–Trinajstić information content (AvgIpc) is 3.49. The van der Waals surface area contributed by atoms with Crippen LogP contribution in [0.1, 0.15) is 40.5 Å². The number of para-hydroxylation sites is 1. The maximum atomic E-state index is 13.2. The van der Waals surface area contributed by atoms with Gasteiger partial charge in [-0.25, -0.2) is 9.97 Å². The Morgan fingerprint density at radius 1 is 0.951 bits per heavy atom. The lowest BCUT2D eigenvalue weighted by Gasteiger charge is -2.31. The number of hydrogen-bond donors (Lipinski definition) is 1. The number of aromatic nitrogens is 4. The fraction of sp³-hybridized carbons (Fsp3) is 0.290. The number of nitrogens with zero attached hydrogens (tertiary/aromatic N) is 5. The summed E-state index contributed by atoms with van der Waals surface area (Å²) in [4.78, 5) is 25.0. The Labute approximate surface area is 237 Å². The van der Waals surface area contributed by atoms with Crippen LogP contribution in [0.5, 0.6) is 17.2 Å². The van der Waals surface area contributed by atoms with Gasteiger partial charge >= 0.3 is 0 Å². The predicted molar refractivity (Wildman–Crippen MR) is 156 cm³/mol. The molecule has 210 valence electrons.